The largest absolute Gasteiger partial charge is 0.492 e. The van der Waals surface area contributed by atoms with Crippen LogP contribution in [0, 0.1) is 5.92 Å². The lowest BCUT2D eigenvalue weighted by Gasteiger charge is -2.26. The SMILES string of the molecule is COCCCOc1cc2c(cc1Cl)-c1cc(=O)c(C(=O)O)cn1[C@H](C1CCCC1)CO2. The number of carboxylic acid groups (broad SMARTS) is 1. The molecule has 0 bridgehead atoms. The predicted octanol–water partition coefficient (Wildman–Crippen LogP) is 4.41. The van der Waals surface area contributed by atoms with Crippen molar-refractivity contribution in [2.75, 3.05) is 26.9 Å². The number of benzene rings is 1. The molecule has 31 heavy (non-hydrogen) atoms. The third-order valence-electron chi connectivity index (χ3n) is 6.08. The highest BCUT2D eigenvalue weighted by Gasteiger charge is 2.32. The average Bonchev–Trinajstić information content (AvgIpc) is 3.23. The van der Waals surface area contributed by atoms with E-state index in [2.05, 4.69) is 0 Å². The summed E-state index contributed by atoms with van der Waals surface area (Å²) in [6.07, 6.45) is 6.57. The normalized spacial score (nSPS) is 18.1. The first-order valence-corrected chi connectivity index (χ1v) is 11.0. The molecule has 1 aliphatic carbocycles. The number of hydrogen-bond acceptors (Lipinski definition) is 5. The van der Waals surface area contributed by atoms with Crippen molar-refractivity contribution in [3.8, 4) is 22.8 Å². The van der Waals surface area contributed by atoms with Crippen LogP contribution >= 0.6 is 11.6 Å². The van der Waals surface area contributed by atoms with Gasteiger partial charge in [-0.25, -0.2) is 4.79 Å². The van der Waals surface area contributed by atoms with Crippen LogP contribution in [0.25, 0.3) is 11.3 Å². The van der Waals surface area contributed by atoms with Crippen molar-refractivity contribution in [1.29, 1.82) is 0 Å². The molecule has 1 aliphatic heterocycles. The maximum atomic E-state index is 12.5. The fraction of sp³-hybridized carbons (Fsp3) is 0.478. The Kier molecular flexibility index (Phi) is 6.53. The van der Waals surface area contributed by atoms with Gasteiger partial charge in [-0.05, 0) is 24.8 Å². The number of carbonyl (C=O) groups is 1. The molecule has 2 heterocycles. The zero-order valence-electron chi connectivity index (χ0n) is 17.4. The van der Waals surface area contributed by atoms with E-state index in [0.29, 0.717) is 53.5 Å². The molecule has 0 amide bonds. The molecule has 0 saturated heterocycles. The van der Waals surface area contributed by atoms with E-state index >= 15 is 0 Å². The molecule has 1 saturated carbocycles. The van der Waals surface area contributed by atoms with Gasteiger partial charge in [0, 0.05) is 44.0 Å². The van der Waals surface area contributed by atoms with Gasteiger partial charge in [0.1, 0.15) is 23.7 Å². The summed E-state index contributed by atoms with van der Waals surface area (Å²) in [7, 11) is 1.64. The first-order valence-electron chi connectivity index (χ1n) is 10.6. The molecule has 8 heteroatoms. The molecule has 0 spiro atoms. The number of halogens is 1. The number of hydrogen-bond donors (Lipinski definition) is 1. The van der Waals surface area contributed by atoms with Gasteiger partial charge in [-0.3, -0.25) is 4.79 Å². The molecule has 2 aliphatic rings. The average molecular weight is 448 g/mol. The van der Waals surface area contributed by atoms with E-state index < -0.39 is 11.4 Å². The Morgan fingerprint density at radius 2 is 2.03 bits per heavy atom. The van der Waals surface area contributed by atoms with Crippen molar-refractivity contribution >= 4 is 17.6 Å². The summed E-state index contributed by atoms with van der Waals surface area (Å²) < 4.78 is 18.9. The zero-order chi connectivity index (χ0) is 22.0. The Bertz CT molecular complexity index is 1030. The molecule has 0 radical (unpaired) electrons. The van der Waals surface area contributed by atoms with Gasteiger partial charge in [0.05, 0.1) is 23.4 Å². The number of nitrogens with zero attached hydrogens (tertiary/aromatic N) is 1. The number of rotatable bonds is 7. The van der Waals surface area contributed by atoms with Gasteiger partial charge in [-0.15, -0.1) is 0 Å². The van der Waals surface area contributed by atoms with E-state index in [9.17, 15) is 14.7 Å². The predicted molar refractivity (Wildman–Crippen MR) is 117 cm³/mol. The lowest BCUT2D eigenvalue weighted by Crippen LogP contribution is -2.27. The quantitative estimate of drug-likeness (QED) is 0.633. The van der Waals surface area contributed by atoms with Crippen LogP contribution in [0.4, 0.5) is 0 Å². The fourth-order valence-electron chi connectivity index (χ4n) is 4.51. The summed E-state index contributed by atoms with van der Waals surface area (Å²) in [6, 6.07) is 4.80. The second kappa shape index (κ2) is 9.32. The highest BCUT2D eigenvalue weighted by atomic mass is 35.5. The van der Waals surface area contributed by atoms with Gasteiger partial charge in [0.15, 0.2) is 5.43 Å². The summed E-state index contributed by atoms with van der Waals surface area (Å²) >= 11 is 6.49. The summed E-state index contributed by atoms with van der Waals surface area (Å²) in [5.41, 5.74) is 0.503. The third kappa shape index (κ3) is 4.43. The van der Waals surface area contributed by atoms with Gasteiger partial charge in [-0.1, -0.05) is 24.4 Å². The number of ether oxygens (including phenoxy) is 3. The summed E-state index contributed by atoms with van der Waals surface area (Å²) in [5, 5.41) is 9.90. The highest BCUT2D eigenvalue weighted by molar-refractivity contribution is 6.32. The Morgan fingerprint density at radius 1 is 1.26 bits per heavy atom. The molecule has 1 N–H and O–H groups in total. The Morgan fingerprint density at radius 3 is 2.74 bits per heavy atom. The lowest BCUT2D eigenvalue weighted by atomic mass is 9.97. The number of aromatic nitrogens is 1. The Hall–Kier alpha value is -2.51. The standard InChI is InChI=1S/C23H26ClNO6/c1-29-7-4-8-30-22-11-21-15(9-17(22)24)18-10-20(26)16(23(27)28)12-25(18)19(13-31-21)14-5-2-3-6-14/h9-12,14,19H,2-8,13H2,1H3,(H,27,28)/t19-/m0/s1. The number of pyridine rings is 1. The molecule has 0 unspecified atom stereocenters. The number of methoxy groups -OCH3 is 1. The molecule has 1 aromatic carbocycles. The van der Waals surface area contributed by atoms with Gasteiger partial charge in [-0.2, -0.15) is 0 Å². The van der Waals surface area contributed by atoms with E-state index in [1.807, 2.05) is 4.57 Å². The molecule has 2 aromatic rings. The van der Waals surface area contributed by atoms with Crippen molar-refractivity contribution in [3.05, 3.63) is 45.2 Å². The smallest absolute Gasteiger partial charge is 0.341 e. The first kappa shape index (κ1) is 21.7. The molecular weight excluding hydrogens is 422 g/mol. The van der Waals surface area contributed by atoms with Crippen molar-refractivity contribution in [2.24, 2.45) is 5.92 Å². The minimum Gasteiger partial charge on any atom is -0.492 e. The number of fused-ring (bicyclic) bond motifs is 3. The van der Waals surface area contributed by atoms with E-state index in [1.165, 1.54) is 12.3 Å². The van der Waals surface area contributed by atoms with Crippen molar-refractivity contribution < 1.29 is 24.1 Å². The summed E-state index contributed by atoms with van der Waals surface area (Å²) in [6.45, 7) is 1.43. The topological polar surface area (TPSA) is 87.0 Å². The zero-order valence-corrected chi connectivity index (χ0v) is 18.2. The maximum absolute atomic E-state index is 12.5. The van der Waals surface area contributed by atoms with Gasteiger partial charge < -0.3 is 23.9 Å². The fourth-order valence-corrected chi connectivity index (χ4v) is 4.73. The van der Waals surface area contributed by atoms with Gasteiger partial charge in [0.25, 0.3) is 0 Å². The monoisotopic (exact) mass is 447 g/mol. The third-order valence-corrected chi connectivity index (χ3v) is 6.38. The van der Waals surface area contributed by atoms with E-state index in [0.717, 1.165) is 32.1 Å². The molecule has 1 atom stereocenters. The molecule has 1 aromatic heterocycles. The van der Waals surface area contributed by atoms with Crippen LogP contribution in [0.5, 0.6) is 11.5 Å². The van der Waals surface area contributed by atoms with E-state index in [4.69, 9.17) is 25.8 Å². The minimum atomic E-state index is -1.23. The van der Waals surface area contributed by atoms with Crippen molar-refractivity contribution in [2.45, 2.75) is 38.1 Å². The van der Waals surface area contributed by atoms with Crippen LogP contribution in [0.2, 0.25) is 5.02 Å². The highest BCUT2D eigenvalue weighted by Crippen LogP contribution is 2.44. The van der Waals surface area contributed by atoms with Crippen LogP contribution in [0.1, 0.15) is 48.5 Å². The van der Waals surface area contributed by atoms with E-state index in [-0.39, 0.29) is 11.6 Å². The van der Waals surface area contributed by atoms with Crippen LogP contribution < -0.4 is 14.9 Å². The van der Waals surface area contributed by atoms with E-state index in [1.54, 1.807) is 19.2 Å². The Balaban J connectivity index is 1.78. The van der Waals surface area contributed by atoms with Crippen LogP contribution in [0.3, 0.4) is 0 Å². The maximum Gasteiger partial charge on any atom is 0.341 e. The van der Waals surface area contributed by atoms with Crippen LogP contribution in [-0.2, 0) is 4.74 Å². The minimum absolute atomic E-state index is 0.0616. The summed E-state index contributed by atoms with van der Waals surface area (Å²) in [5.74, 6) is 0.209. The second-order valence-corrected chi connectivity index (χ2v) is 8.45. The van der Waals surface area contributed by atoms with Gasteiger partial charge in [0.2, 0.25) is 0 Å². The van der Waals surface area contributed by atoms with Gasteiger partial charge >= 0.3 is 5.97 Å². The lowest BCUT2D eigenvalue weighted by molar-refractivity contribution is 0.0693. The molecule has 166 valence electrons. The number of carboxylic acids is 1. The first-order chi connectivity index (χ1) is 15.0. The second-order valence-electron chi connectivity index (χ2n) is 8.05. The summed E-state index contributed by atoms with van der Waals surface area (Å²) in [4.78, 5) is 24.2. The number of aromatic carboxylic acids is 1. The van der Waals surface area contributed by atoms with Crippen molar-refractivity contribution in [3.63, 3.8) is 0 Å². The van der Waals surface area contributed by atoms with Crippen molar-refractivity contribution in [1.82, 2.24) is 4.57 Å². The Labute approximate surface area is 185 Å². The van der Waals surface area contributed by atoms with Crippen LogP contribution in [-0.4, -0.2) is 42.6 Å². The molecule has 4 rings (SSSR count). The molecular formula is C23H26ClNO6. The molecule has 7 nitrogen and oxygen atoms in total. The molecule has 1 fully saturated rings. The van der Waals surface area contributed by atoms with Crippen LogP contribution in [0.15, 0.2) is 29.2 Å².